The summed E-state index contributed by atoms with van der Waals surface area (Å²) in [5, 5.41) is 10.0. The highest BCUT2D eigenvalue weighted by Gasteiger charge is 2.35. The Kier molecular flexibility index (Phi) is 2.84. The van der Waals surface area contributed by atoms with Crippen LogP contribution in [0.1, 0.15) is 22.8 Å². The van der Waals surface area contributed by atoms with Crippen LogP contribution in [-0.2, 0) is 11.3 Å². The molecule has 0 spiro atoms. The fourth-order valence-corrected chi connectivity index (χ4v) is 2.47. The molecule has 1 N–H and O–H groups in total. The first-order valence-electron chi connectivity index (χ1n) is 6.31. The number of aliphatic hydroxyl groups excluding tert-OH is 1. The Balaban J connectivity index is 1.98. The fourth-order valence-electron chi connectivity index (χ4n) is 2.47. The van der Waals surface area contributed by atoms with Crippen molar-refractivity contribution < 1.29 is 9.90 Å². The van der Waals surface area contributed by atoms with E-state index in [0.717, 1.165) is 16.8 Å². The number of carbonyl (C=O) groups excluding carboxylic acids is 1. The molecule has 0 aromatic heterocycles. The zero-order valence-electron chi connectivity index (χ0n) is 10.7. The van der Waals surface area contributed by atoms with Crippen LogP contribution in [0.15, 0.2) is 48.5 Å². The van der Waals surface area contributed by atoms with E-state index in [-0.39, 0.29) is 5.91 Å². The summed E-state index contributed by atoms with van der Waals surface area (Å²) in [4.78, 5) is 13.8. The molecule has 3 rings (SSSR count). The van der Waals surface area contributed by atoms with E-state index in [1.165, 1.54) is 0 Å². The van der Waals surface area contributed by atoms with E-state index in [1.54, 1.807) is 4.90 Å². The zero-order chi connectivity index (χ0) is 13.4. The number of fused-ring (bicyclic) bond motifs is 1. The second-order valence-electron chi connectivity index (χ2n) is 4.87. The molecule has 19 heavy (non-hydrogen) atoms. The third-order valence-electron chi connectivity index (χ3n) is 3.45. The molecule has 0 fully saturated rings. The maximum Gasteiger partial charge on any atom is 0.260 e. The lowest BCUT2D eigenvalue weighted by Gasteiger charge is -2.17. The Morgan fingerprint density at radius 2 is 1.89 bits per heavy atom. The van der Waals surface area contributed by atoms with E-state index in [9.17, 15) is 9.90 Å². The highest BCUT2D eigenvalue weighted by Crippen LogP contribution is 2.37. The number of carbonyl (C=O) groups is 1. The van der Waals surface area contributed by atoms with Gasteiger partial charge in [0, 0.05) is 5.56 Å². The number of hydrogen-bond donors (Lipinski definition) is 1. The minimum absolute atomic E-state index is 0.246. The summed E-state index contributed by atoms with van der Waals surface area (Å²) in [6.45, 7) is 2.45. The number of anilines is 1. The Labute approximate surface area is 112 Å². The Bertz CT molecular complexity index is 622. The van der Waals surface area contributed by atoms with Gasteiger partial charge < -0.3 is 10.0 Å². The summed E-state index contributed by atoms with van der Waals surface area (Å²) in [5.41, 5.74) is 3.62. The van der Waals surface area contributed by atoms with Gasteiger partial charge >= 0.3 is 0 Å². The molecule has 2 aromatic carbocycles. The summed E-state index contributed by atoms with van der Waals surface area (Å²) in [5.74, 6) is -0.246. The first-order chi connectivity index (χ1) is 9.16. The zero-order valence-corrected chi connectivity index (χ0v) is 10.7. The van der Waals surface area contributed by atoms with Crippen LogP contribution in [0.2, 0.25) is 0 Å². The highest BCUT2D eigenvalue weighted by molar-refractivity contribution is 6.03. The van der Waals surface area contributed by atoms with Crippen molar-refractivity contribution in [1.29, 1.82) is 0 Å². The molecule has 96 valence electrons. The first-order valence-corrected chi connectivity index (χ1v) is 6.31. The molecule has 1 aliphatic heterocycles. The molecule has 1 heterocycles. The molecule has 3 heteroatoms. The lowest BCUT2D eigenvalue weighted by molar-refractivity contribution is -0.125. The van der Waals surface area contributed by atoms with E-state index in [1.807, 2.05) is 55.5 Å². The molecule has 1 atom stereocenters. The molecule has 0 bridgehead atoms. The minimum atomic E-state index is -1.03. The van der Waals surface area contributed by atoms with Crippen molar-refractivity contribution in [1.82, 2.24) is 0 Å². The van der Waals surface area contributed by atoms with Crippen LogP contribution in [-0.4, -0.2) is 11.0 Å². The van der Waals surface area contributed by atoms with Crippen LogP contribution < -0.4 is 4.90 Å². The highest BCUT2D eigenvalue weighted by atomic mass is 16.3. The van der Waals surface area contributed by atoms with Gasteiger partial charge in [-0.2, -0.15) is 0 Å². The van der Waals surface area contributed by atoms with E-state index < -0.39 is 6.10 Å². The standard InChI is InChI=1S/C16H15NO2/c1-11-7-8-14-13(9-11)15(18)16(19)17(14)10-12-5-3-2-4-6-12/h2-9,15,18H,10H2,1H3. The molecule has 0 saturated heterocycles. The van der Waals surface area contributed by atoms with Crippen molar-refractivity contribution in [3.8, 4) is 0 Å². The molecule has 2 aromatic rings. The van der Waals surface area contributed by atoms with Gasteiger partial charge in [-0.15, -0.1) is 0 Å². The van der Waals surface area contributed by atoms with E-state index in [0.29, 0.717) is 12.1 Å². The summed E-state index contributed by atoms with van der Waals surface area (Å²) >= 11 is 0. The van der Waals surface area contributed by atoms with Crippen molar-refractivity contribution in [3.63, 3.8) is 0 Å². The maximum absolute atomic E-state index is 12.2. The summed E-state index contributed by atoms with van der Waals surface area (Å²) < 4.78 is 0. The monoisotopic (exact) mass is 253 g/mol. The molecule has 0 radical (unpaired) electrons. The van der Waals surface area contributed by atoms with Crippen LogP contribution in [0.25, 0.3) is 0 Å². The predicted molar refractivity (Wildman–Crippen MR) is 73.8 cm³/mol. The number of nitrogens with zero attached hydrogens (tertiary/aromatic N) is 1. The van der Waals surface area contributed by atoms with Crippen molar-refractivity contribution in [2.75, 3.05) is 4.90 Å². The summed E-state index contributed by atoms with van der Waals surface area (Å²) in [6, 6.07) is 15.5. The van der Waals surface area contributed by atoms with Gasteiger partial charge in [-0.05, 0) is 18.6 Å². The second-order valence-corrected chi connectivity index (χ2v) is 4.87. The molecular weight excluding hydrogens is 238 g/mol. The van der Waals surface area contributed by atoms with Gasteiger partial charge in [-0.1, -0.05) is 48.0 Å². The Morgan fingerprint density at radius 3 is 2.63 bits per heavy atom. The summed E-state index contributed by atoms with van der Waals surface area (Å²) in [6.07, 6.45) is -1.03. The minimum Gasteiger partial charge on any atom is -0.378 e. The van der Waals surface area contributed by atoms with Gasteiger partial charge in [0.25, 0.3) is 5.91 Å². The first kappa shape index (κ1) is 11.9. The van der Waals surface area contributed by atoms with E-state index >= 15 is 0 Å². The smallest absolute Gasteiger partial charge is 0.260 e. The molecule has 0 aliphatic carbocycles. The van der Waals surface area contributed by atoms with Crippen LogP contribution in [0.3, 0.4) is 0 Å². The van der Waals surface area contributed by atoms with Crippen molar-refractivity contribution in [3.05, 3.63) is 65.2 Å². The van der Waals surface area contributed by atoms with Gasteiger partial charge in [0.05, 0.1) is 12.2 Å². The number of benzene rings is 2. The topological polar surface area (TPSA) is 40.5 Å². The maximum atomic E-state index is 12.2. The van der Waals surface area contributed by atoms with Crippen LogP contribution in [0.5, 0.6) is 0 Å². The number of aliphatic hydroxyl groups is 1. The van der Waals surface area contributed by atoms with E-state index in [4.69, 9.17) is 0 Å². The van der Waals surface area contributed by atoms with Gasteiger partial charge in [-0.3, -0.25) is 4.79 Å². The third kappa shape index (κ3) is 2.02. The van der Waals surface area contributed by atoms with Crippen molar-refractivity contribution >= 4 is 11.6 Å². The largest absolute Gasteiger partial charge is 0.378 e. The van der Waals surface area contributed by atoms with Crippen LogP contribution in [0, 0.1) is 6.92 Å². The van der Waals surface area contributed by atoms with Gasteiger partial charge in [0.15, 0.2) is 6.10 Å². The van der Waals surface area contributed by atoms with Crippen molar-refractivity contribution in [2.45, 2.75) is 19.6 Å². The number of rotatable bonds is 2. The second kappa shape index (κ2) is 4.52. The Hall–Kier alpha value is -2.13. The quantitative estimate of drug-likeness (QED) is 0.893. The lowest BCUT2D eigenvalue weighted by atomic mass is 10.1. The van der Waals surface area contributed by atoms with Gasteiger partial charge in [0.1, 0.15) is 0 Å². The molecule has 0 saturated carbocycles. The predicted octanol–water partition coefficient (Wildman–Crippen LogP) is 2.58. The number of hydrogen-bond acceptors (Lipinski definition) is 2. The normalized spacial score (nSPS) is 17.7. The third-order valence-corrected chi connectivity index (χ3v) is 3.45. The van der Waals surface area contributed by atoms with Crippen LogP contribution >= 0.6 is 0 Å². The Morgan fingerprint density at radius 1 is 1.16 bits per heavy atom. The van der Waals surface area contributed by atoms with Crippen LogP contribution in [0.4, 0.5) is 5.69 Å². The molecule has 1 aliphatic rings. The molecule has 1 amide bonds. The average Bonchev–Trinajstić information content (AvgIpc) is 2.65. The molecule has 1 unspecified atom stereocenters. The number of amides is 1. The van der Waals surface area contributed by atoms with Gasteiger partial charge in [0.2, 0.25) is 0 Å². The average molecular weight is 253 g/mol. The SMILES string of the molecule is Cc1ccc2c(c1)C(O)C(=O)N2Cc1ccccc1. The van der Waals surface area contributed by atoms with Gasteiger partial charge in [-0.25, -0.2) is 0 Å². The molecule has 3 nitrogen and oxygen atoms in total. The summed E-state index contributed by atoms with van der Waals surface area (Å²) in [7, 11) is 0. The molecular formula is C16H15NO2. The van der Waals surface area contributed by atoms with E-state index in [2.05, 4.69) is 0 Å². The fraction of sp³-hybridized carbons (Fsp3) is 0.188. The lowest BCUT2D eigenvalue weighted by Crippen LogP contribution is -2.28. The number of aryl methyl sites for hydroxylation is 1. The van der Waals surface area contributed by atoms with Crippen molar-refractivity contribution in [2.24, 2.45) is 0 Å².